The maximum atomic E-state index is 10.8. The average Bonchev–Trinajstić information content (AvgIpc) is 2.76. The molecule has 130 valence electrons. The predicted octanol–water partition coefficient (Wildman–Crippen LogP) is 3.37. The lowest BCUT2D eigenvalue weighted by Gasteiger charge is -2.30. The van der Waals surface area contributed by atoms with Crippen LogP contribution < -0.4 is 0 Å². The van der Waals surface area contributed by atoms with E-state index in [1.165, 1.54) is 5.57 Å². The molecule has 3 nitrogen and oxygen atoms in total. The lowest BCUT2D eigenvalue weighted by molar-refractivity contribution is 0.0319. The molecule has 2 aliphatic rings. The average molecular weight is 320 g/mol. The lowest BCUT2D eigenvalue weighted by Crippen LogP contribution is -2.32. The Kier molecular flexibility index (Phi) is 5.88. The second-order valence-corrected chi connectivity index (χ2v) is 7.79. The van der Waals surface area contributed by atoms with Crippen molar-refractivity contribution < 1.29 is 15.3 Å². The van der Waals surface area contributed by atoms with Gasteiger partial charge in [0.1, 0.15) is 0 Å². The monoisotopic (exact) mass is 320 g/mol. The highest BCUT2D eigenvalue weighted by molar-refractivity contribution is 5.24. The molecule has 2 rings (SSSR count). The van der Waals surface area contributed by atoms with Crippen LogP contribution in [0.15, 0.2) is 35.5 Å². The Labute approximate surface area is 140 Å². The van der Waals surface area contributed by atoms with E-state index in [1.807, 2.05) is 13.0 Å². The first-order valence-corrected chi connectivity index (χ1v) is 8.84. The number of rotatable bonds is 2. The molecule has 2 aliphatic carbocycles. The van der Waals surface area contributed by atoms with Crippen LogP contribution in [0, 0.1) is 17.8 Å². The van der Waals surface area contributed by atoms with E-state index < -0.39 is 11.7 Å². The van der Waals surface area contributed by atoms with E-state index in [0.717, 1.165) is 36.8 Å². The summed E-state index contributed by atoms with van der Waals surface area (Å²) in [7, 11) is 0. The van der Waals surface area contributed by atoms with Crippen molar-refractivity contribution in [1.29, 1.82) is 0 Å². The van der Waals surface area contributed by atoms with Crippen molar-refractivity contribution >= 4 is 0 Å². The fourth-order valence-corrected chi connectivity index (χ4v) is 4.10. The standard InChI is InChI=1S/C20H32O3/c1-13(2)17-11-18-16(8-9-20(18,4)23)14(3)6-5-7-15(12-21)10-19(17)22/h7,11,13,16,18-19,21-23H,3,5-6,8-10,12H2,1-2,4H3/b15-7-,17-11-/t16-,18-,19-,20-/m0/s1. The molecule has 0 bridgehead atoms. The van der Waals surface area contributed by atoms with E-state index in [1.54, 1.807) is 0 Å². The highest BCUT2D eigenvalue weighted by Gasteiger charge is 2.44. The van der Waals surface area contributed by atoms with Gasteiger partial charge in [0.25, 0.3) is 0 Å². The van der Waals surface area contributed by atoms with Gasteiger partial charge in [-0.15, -0.1) is 0 Å². The number of fused-ring (bicyclic) bond motifs is 1. The second kappa shape index (κ2) is 7.33. The van der Waals surface area contributed by atoms with Crippen molar-refractivity contribution in [2.75, 3.05) is 6.61 Å². The zero-order valence-corrected chi connectivity index (χ0v) is 14.8. The fourth-order valence-electron chi connectivity index (χ4n) is 4.10. The van der Waals surface area contributed by atoms with Crippen molar-refractivity contribution in [3.63, 3.8) is 0 Å². The Morgan fingerprint density at radius 2 is 2.09 bits per heavy atom. The molecule has 0 unspecified atom stereocenters. The smallest absolute Gasteiger partial charge is 0.0790 e. The summed E-state index contributed by atoms with van der Waals surface area (Å²) in [6.45, 7) is 10.3. The van der Waals surface area contributed by atoms with Crippen LogP contribution in [-0.2, 0) is 0 Å². The van der Waals surface area contributed by atoms with E-state index >= 15 is 0 Å². The second-order valence-electron chi connectivity index (χ2n) is 7.79. The third kappa shape index (κ3) is 4.14. The van der Waals surface area contributed by atoms with Crippen LogP contribution in [-0.4, -0.2) is 33.6 Å². The highest BCUT2D eigenvalue weighted by Crippen LogP contribution is 2.46. The molecule has 3 N–H and O–H groups in total. The molecule has 0 amide bonds. The first-order valence-electron chi connectivity index (χ1n) is 8.84. The lowest BCUT2D eigenvalue weighted by atomic mass is 9.79. The molecular weight excluding hydrogens is 288 g/mol. The summed E-state index contributed by atoms with van der Waals surface area (Å²) in [5.74, 6) is 0.490. The summed E-state index contributed by atoms with van der Waals surface area (Å²) in [6.07, 6.45) is 7.45. The van der Waals surface area contributed by atoms with Crippen molar-refractivity contribution in [2.45, 2.75) is 64.6 Å². The van der Waals surface area contributed by atoms with Gasteiger partial charge < -0.3 is 15.3 Å². The summed E-state index contributed by atoms with van der Waals surface area (Å²) in [5, 5.41) is 31.0. The van der Waals surface area contributed by atoms with Crippen LogP contribution in [0.5, 0.6) is 0 Å². The maximum absolute atomic E-state index is 10.8. The van der Waals surface area contributed by atoms with Crippen LogP contribution in [0.2, 0.25) is 0 Å². The topological polar surface area (TPSA) is 60.7 Å². The summed E-state index contributed by atoms with van der Waals surface area (Å²) in [5.41, 5.74) is 2.29. The zero-order valence-electron chi connectivity index (χ0n) is 14.8. The Morgan fingerprint density at radius 1 is 1.39 bits per heavy atom. The third-order valence-corrected chi connectivity index (χ3v) is 5.62. The predicted molar refractivity (Wildman–Crippen MR) is 93.9 cm³/mol. The molecule has 0 heterocycles. The van der Waals surface area contributed by atoms with Crippen molar-refractivity contribution in [1.82, 2.24) is 0 Å². The summed E-state index contributed by atoms with van der Waals surface area (Å²) < 4.78 is 0. The Morgan fingerprint density at radius 3 is 2.70 bits per heavy atom. The Bertz CT molecular complexity index is 499. The molecule has 4 atom stereocenters. The number of aliphatic hydroxyl groups excluding tert-OH is 2. The molecule has 0 radical (unpaired) electrons. The van der Waals surface area contributed by atoms with Crippen molar-refractivity contribution in [2.24, 2.45) is 17.8 Å². The van der Waals surface area contributed by atoms with Gasteiger partial charge in [0, 0.05) is 12.3 Å². The van der Waals surface area contributed by atoms with E-state index in [-0.39, 0.29) is 24.4 Å². The Balaban J connectivity index is 2.44. The molecule has 0 spiro atoms. The molecule has 3 heteroatoms. The number of hydrogen-bond donors (Lipinski definition) is 3. The molecule has 1 saturated carbocycles. The number of hydrogen-bond acceptors (Lipinski definition) is 3. The summed E-state index contributed by atoms with van der Waals surface area (Å²) >= 11 is 0. The van der Waals surface area contributed by atoms with Gasteiger partial charge in [-0.2, -0.15) is 0 Å². The van der Waals surface area contributed by atoms with Gasteiger partial charge in [0.05, 0.1) is 18.3 Å². The Hall–Kier alpha value is -0.900. The van der Waals surface area contributed by atoms with E-state index in [0.29, 0.717) is 6.42 Å². The molecule has 0 aromatic carbocycles. The van der Waals surface area contributed by atoms with Gasteiger partial charge in [-0.3, -0.25) is 0 Å². The van der Waals surface area contributed by atoms with Gasteiger partial charge in [-0.25, -0.2) is 0 Å². The van der Waals surface area contributed by atoms with Gasteiger partial charge in [-0.1, -0.05) is 38.2 Å². The molecule has 23 heavy (non-hydrogen) atoms. The molecule has 0 saturated heterocycles. The number of allylic oxidation sites excluding steroid dienone is 2. The normalized spacial score (nSPS) is 40.8. The molecule has 1 fully saturated rings. The molecule has 0 aromatic heterocycles. The first-order chi connectivity index (χ1) is 10.8. The summed E-state index contributed by atoms with van der Waals surface area (Å²) in [4.78, 5) is 0. The minimum absolute atomic E-state index is 0.0118. The quantitative estimate of drug-likeness (QED) is 0.684. The molecule has 0 aliphatic heterocycles. The third-order valence-electron chi connectivity index (χ3n) is 5.62. The maximum Gasteiger partial charge on any atom is 0.0790 e. The fraction of sp³-hybridized carbons (Fsp3) is 0.700. The molecular formula is C20H32O3. The molecule has 0 aromatic rings. The van der Waals surface area contributed by atoms with Gasteiger partial charge in [0.15, 0.2) is 0 Å². The van der Waals surface area contributed by atoms with Crippen LogP contribution in [0.25, 0.3) is 0 Å². The van der Waals surface area contributed by atoms with Crippen molar-refractivity contribution in [3.05, 3.63) is 35.5 Å². The van der Waals surface area contributed by atoms with E-state index in [2.05, 4.69) is 26.5 Å². The zero-order chi connectivity index (χ0) is 17.2. The van der Waals surface area contributed by atoms with Crippen LogP contribution >= 0.6 is 0 Å². The number of aliphatic hydroxyl groups is 3. The van der Waals surface area contributed by atoms with Gasteiger partial charge in [-0.05, 0) is 55.6 Å². The SMILES string of the molecule is C=C1CC/C=C(\CO)C[C@H](O)/C(C(C)C)=C\[C@H]2[C@H]1CC[C@]2(C)O. The van der Waals surface area contributed by atoms with Gasteiger partial charge in [0.2, 0.25) is 0 Å². The first kappa shape index (κ1) is 18.4. The van der Waals surface area contributed by atoms with Gasteiger partial charge >= 0.3 is 0 Å². The van der Waals surface area contributed by atoms with E-state index in [9.17, 15) is 15.3 Å². The van der Waals surface area contributed by atoms with Crippen molar-refractivity contribution in [3.8, 4) is 0 Å². The highest BCUT2D eigenvalue weighted by atomic mass is 16.3. The van der Waals surface area contributed by atoms with E-state index in [4.69, 9.17) is 0 Å². The largest absolute Gasteiger partial charge is 0.392 e. The van der Waals surface area contributed by atoms with Crippen LogP contribution in [0.3, 0.4) is 0 Å². The van der Waals surface area contributed by atoms with Crippen LogP contribution in [0.1, 0.15) is 52.9 Å². The summed E-state index contributed by atoms with van der Waals surface area (Å²) in [6, 6.07) is 0. The minimum atomic E-state index is -0.741. The van der Waals surface area contributed by atoms with Crippen LogP contribution in [0.4, 0.5) is 0 Å². The minimum Gasteiger partial charge on any atom is -0.392 e.